The van der Waals surface area contributed by atoms with Crippen LogP contribution in [0.3, 0.4) is 0 Å². The molecular weight excluding hydrogens is 96.1 g/mol. The predicted molar refractivity (Wildman–Crippen MR) is 36.4 cm³/mol. The van der Waals surface area contributed by atoms with Crippen molar-refractivity contribution >= 4 is 0 Å². The monoisotopic (exact) mass is 107 g/mol. The molecule has 0 aromatic rings. The van der Waals surface area contributed by atoms with Gasteiger partial charge in [-0.15, -0.1) is 0 Å². The van der Waals surface area contributed by atoms with Crippen LogP contribution in [-0.2, 0) is 0 Å². The first-order chi connectivity index (χ1) is 3.79. The molecule has 0 heteroatoms. The molecule has 1 unspecified atom stereocenters. The highest BCUT2D eigenvalue weighted by Gasteiger charge is 2.06. The fourth-order valence-electron chi connectivity index (χ4n) is 0.927. The lowest BCUT2D eigenvalue weighted by Crippen LogP contribution is -1.93. The molecule has 1 rings (SSSR count). The van der Waals surface area contributed by atoms with Crippen molar-refractivity contribution in [1.82, 2.24) is 0 Å². The minimum atomic E-state index is 0.514. The number of rotatable bonds is 0. The van der Waals surface area contributed by atoms with E-state index >= 15 is 0 Å². The van der Waals surface area contributed by atoms with Gasteiger partial charge in [0, 0.05) is 6.42 Å². The minimum Gasteiger partial charge on any atom is -0.0685 e. The molecule has 0 spiro atoms. The standard InChI is InChI=1S/C8H11/c1-7-4-3-5-8(2)6-7/h3-5,7H,1,6H2,2H3/q+1. The molecular formula is C8H11+. The van der Waals surface area contributed by atoms with E-state index in [0.29, 0.717) is 5.92 Å². The van der Waals surface area contributed by atoms with Gasteiger partial charge in [-0.1, -0.05) is 17.7 Å². The summed E-state index contributed by atoms with van der Waals surface area (Å²) in [5, 5.41) is 0. The predicted octanol–water partition coefficient (Wildman–Crippen LogP) is 2.34. The van der Waals surface area contributed by atoms with Crippen molar-refractivity contribution in [3.63, 3.8) is 0 Å². The smallest absolute Gasteiger partial charge is 0.0685 e. The SMILES string of the molecule is [CH2+]C1C=CC=C(C)C1. The van der Waals surface area contributed by atoms with Crippen LogP contribution in [0.15, 0.2) is 23.8 Å². The molecule has 0 saturated heterocycles. The average molecular weight is 107 g/mol. The number of hydrogen-bond acceptors (Lipinski definition) is 0. The quantitative estimate of drug-likeness (QED) is 0.417. The molecule has 0 aromatic carbocycles. The van der Waals surface area contributed by atoms with E-state index in [-0.39, 0.29) is 0 Å². The van der Waals surface area contributed by atoms with Crippen molar-refractivity contribution in [3.8, 4) is 0 Å². The molecule has 42 valence electrons. The zero-order chi connectivity index (χ0) is 5.98. The van der Waals surface area contributed by atoms with Gasteiger partial charge in [-0.05, 0) is 13.0 Å². The molecule has 8 heavy (non-hydrogen) atoms. The molecule has 0 bridgehead atoms. The van der Waals surface area contributed by atoms with Gasteiger partial charge in [-0.3, -0.25) is 0 Å². The molecule has 0 N–H and O–H groups in total. The highest BCUT2D eigenvalue weighted by Crippen LogP contribution is 2.15. The van der Waals surface area contributed by atoms with Crippen molar-refractivity contribution in [2.75, 3.05) is 0 Å². The summed E-state index contributed by atoms with van der Waals surface area (Å²) in [6.07, 6.45) is 7.49. The molecule has 0 amide bonds. The normalized spacial score (nSPS) is 27.6. The van der Waals surface area contributed by atoms with Gasteiger partial charge in [-0.25, -0.2) is 0 Å². The summed E-state index contributed by atoms with van der Waals surface area (Å²) in [6.45, 7) is 6.06. The molecule has 0 fully saturated rings. The van der Waals surface area contributed by atoms with Crippen LogP contribution >= 0.6 is 0 Å². The van der Waals surface area contributed by atoms with Crippen LogP contribution in [0.2, 0.25) is 0 Å². The van der Waals surface area contributed by atoms with Crippen LogP contribution in [0.25, 0.3) is 0 Å². The van der Waals surface area contributed by atoms with Gasteiger partial charge < -0.3 is 0 Å². The first-order valence-electron chi connectivity index (χ1n) is 2.96. The fraction of sp³-hybridized carbons (Fsp3) is 0.375. The van der Waals surface area contributed by atoms with E-state index in [0.717, 1.165) is 6.42 Å². The third kappa shape index (κ3) is 1.16. The summed E-state index contributed by atoms with van der Waals surface area (Å²) in [6, 6.07) is 0. The maximum Gasteiger partial charge on any atom is 0.117 e. The third-order valence-electron chi connectivity index (χ3n) is 1.35. The van der Waals surface area contributed by atoms with Crippen LogP contribution in [0, 0.1) is 12.8 Å². The van der Waals surface area contributed by atoms with Gasteiger partial charge in [0.05, 0.1) is 6.92 Å². The van der Waals surface area contributed by atoms with Crippen LogP contribution in [-0.4, -0.2) is 0 Å². The lowest BCUT2D eigenvalue weighted by molar-refractivity contribution is 0.779. The van der Waals surface area contributed by atoms with Crippen LogP contribution in [0.1, 0.15) is 13.3 Å². The van der Waals surface area contributed by atoms with Gasteiger partial charge in [-0.2, -0.15) is 0 Å². The largest absolute Gasteiger partial charge is 0.117 e. The Labute approximate surface area is 50.9 Å². The van der Waals surface area contributed by atoms with Crippen molar-refractivity contribution in [2.24, 2.45) is 5.92 Å². The van der Waals surface area contributed by atoms with E-state index < -0.39 is 0 Å². The highest BCUT2D eigenvalue weighted by molar-refractivity contribution is 5.18. The molecule has 1 atom stereocenters. The molecule has 0 heterocycles. The molecule has 0 nitrogen and oxygen atoms in total. The van der Waals surface area contributed by atoms with Gasteiger partial charge >= 0.3 is 0 Å². The summed E-state index contributed by atoms with van der Waals surface area (Å²) >= 11 is 0. The first-order valence-corrected chi connectivity index (χ1v) is 2.96. The summed E-state index contributed by atoms with van der Waals surface area (Å²) < 4.78 is 0. The first kappa shape index (κ1) is 5.49. The Balaban J connectivity index is 2.59. The van der Waals surface area contributed by atoms with E-state index in [9.17, 15) is 0 Å². The summed E-state index contributed by atoms with van der Waals surface area (Å²) in [7, 11) is 0. The molecule has 0 aliphatic heterocycles. The second kappa shape index (κ2) is 2.08. The zero-order valence-corrected chi connectivity index (χ0v) is 5.22. The summed E-state index contributed by atoms with van der Waals surface area (Å²) in [5.41, 5.74) is 1.44. The molecule has 0 aromatic heterocycles. The van der Waals surface area contributed by atoms with E-state index in [2.05, 4.69) is 32.1 Å². The van der Waals surface area contributed by atoms with Gasteiger partial charge in [0.2, 0.25) is 0 Å². The summed E-state index contributed by atoms with van der Waals surface area (Å²) in [4.78, 5) is 0. The number of hydrogen-bond donors (Lipinski definition) is 0. The van der Waals surface area contributed by atoms with Crippen molar-refractivity contribution in [2.45, 2.75) is 13.3 Å². The van der Waals surface area contributed by atoms with Gasteiger partial charge in [0.1, 0.15) is 5.92 Å². The molecule has 1 aliphatic carbocycles. The van der Waals surface area contributed by atoms with E-state index in [1.807, 2.05) is 0 Å². The maximum absolute atomic E-state index is 3.92. The minimum absolute atomic E-state index is 0.514. The van der Waals surface area contributed by atoms with E-state index in [1.165, 1.54) is 5.57 Å². The fourth-order valence-corrected chi connectivity index (χ4v) is 0.927. The highest BCUT2D eigenvalue weighted by atomic mass is 14.1. The number of allylic oxidation sites excluding steroid dienone is 4. The maximum atomic E-state index is 3.92. The second-order valence-corrected chi connectivity index (χ2v) is 2.36. The summed E-state index contributed by atoms with van der Waals surface area (Å²) in [5.74, 6) is 0.514. The molecule has 0 saturated carbocycles. The topological polar surface area (TPSA) is 0 Å². The van der Waals surface area contributed by atoms with Crippen LogP contribution < -0.4 is 0 Å². The van der Waals surface area contributed by atoms with Crippen LogP contribution in [0.5, 0.6) is 0 Å². The molecule has 1 aliphatic rings. The Morgan fingerprint density at radius 2 is 2.50 bits per heavy atom. The Morgan fingerprint density at radius 1 is 1.75 bits per heavy atom. The lowest BCUT2D eigenvalue weighted by atomic mass is 9.97. The van der Waals surface area contributed by atoms with Crippen molar-refractivity contribution < 1.29 is 0 Å². The Bertz CT molecular complexity index is 129. The Kier molecular flexibility index (Phi) is 1.43. The van der Waals surface area contributed by atoms with Gasteiger partial charge in [0.15, 0.2) is 0 Å². The Hall–Kier alpha value is -0.650. The molecule has 0 radical (unpaired) electrons. The van der Waals surface area contributed by atoms with E-state index in [4.69, 9.17) is 0 Å². The second-order valence-electron chi connectivity index (χ2n) is 2.36. The van der Waals surface area contributed by atoms with Crippen LogP contribution in [0.4, 0.5) is 0 Å². The van der Waals surface area contributed by atoms with E-state index in [1.54, 1.807) is 0 Å². The lowest BCUT2D eigenvalue weighted by Gasteiger charge is -2.03. The Morgan fingerprint density at radius 3 is 2.88 bits per heavy atom. The third-order valence-corrected chi connectivity index (χ3v) is 1.35. The van der Waals surface area contributed by atoms with Crippen molar-refractivity contribution in [3.05, 3.63) is 30.7 Å². The van der Waals surface area contributed by atoms with Crippen molar-refractivity contribution in [1.29, 1.82) is 0 Å². The van der Waals surface area contributed by atoms with Gasteiger partial charge in [0.25, 0.3) is 0 Å². The zero-order valence-electron chi connectivity index (χ0n) is 5.22. The average Bonchev–Trinajstić information content (AvgIpc) is 1.64.